The number of ether oxygens (including phenoxy) is 1. The zero-order valence-electron chi connectivity index (χ0n) is 15.1. The SMILES string of the molecule is OCC1O[C@H](SC(/C=C/Cl)=C/C=C/Cl)C(O)C(n2cc(-c3nc(Cl)cs3)nn2)[C@H]1O. The van der Waals surface area contributed by atoms with Crippen molar-refractivity contribution in [2.24, 2.45) is 0 Å². The molecule has 0 aliphatic carbocycles. The van der Waals surface area contributed by atoms with Gasteiger partial charge in [-0.25, -0.2) is 9.67 Å². The van der Waals surface area contributed by atoms with E-state index in [2.05, 4.69) is 15.3 Å². The number of aliphatic hydroxyl groups is 3. The van der Waals surface area contributed by atoms with Crippen molar-refractivity contribution in [3.8, 4) is 10.7 Å². The van der Waals surface area contributed by atoms with Gasteiger partial charge >= 0.3 is 0 Å². The van der Waals surface area contributed by atoms with Gasteiger partial charge in [0, 0.05) is 21.4 Å². The zero-order chi connectivity index (χ0) is 21.7. The van der Waals surface area contributed by atoms with Crippen LogP contribution in [0.4, 0.5) is 0 Å². The van der Waals surface area contributed by atoms with Gasteiger partial charge in [-0.2, -0.15) is 0 Å². The molecule has 162 valence electrons. The second-order valence-electron chi connectivity index (χ2n) is 6.05. The van der Waals surface area contributed by atoms with Crippen molar-refractivity contribution in [1.29, 1.82) is 0 Å². The van der Waals surface area contributed by atoms with Gasteiger partial charge in [0.2, 0.25) is 0 Å². The van der Waals surface area contributed by atoms with Crippen LogP contribution in [0.5, 0.6) is 0 Å². The van der Waals surface area contributed by atoms with Gasteiger partial charge in [0.05, 0.1) is 12.8 Å². The monoisotopic (exact) mass is 510 g/mol. The van der Waals surface area contributed by atoms with Crippen LogP contribution >= 0.6 is 57.9 Å². The van der Waals surface area contributed by atoms with E-state index in [1.54, 1.807) is 29.8 Å². The first-order chi connectivity index (χ1) is 14.5. The number of halogens is 3. The molecule has 2 aromatic heterocycles. The second kappa shape index (κ2) is 11.1. The van der Waals surface area contributed by atoms with E-state index in [0.29, 0.717) is 20.8 Å². The molecule has 2 aromatic rings. The fourth-order valence-corrected chi connectivity index (χ4v) is 5.08. The van der Waals surface area contributed by atoms with Gasteiger partial charge in [-0.3, -0.25) is 0 Å². The first kappa shape index (κ1) is 23.7. The average molecular weight is 512 g/mol. The summed E-state index contributed by atoms with van der Waals surface area (Å²) in [6.45, 7) is -0.447. The third-order valence-corrected chi connectivity index (χ3v) is 6.80. The number of hydrogen-bond donors (Lipinski definition) is 3. The number of thiazole rings is 1. The van der Waals surface area contributed by atoms with E-state index in [-0.39, 0.29) is 0 Å². The van der Waals surface area contributed by atoms with E-state index in [1.807, 2.05) is 0 Å². The summed E-state index contributed by atoms with van der Waals surface area (Å²) in [5.41, 5.74) is 2.25. The molecule has 5 atom stereocenters. The Labute approximate surface area is 195 Å². The van der Waals surface area contributed by atoms with Crippen molar-refractivity contribution in [1.82, 2.24) is 20.0 Å². The van der Waals surface area contributed by atoms with E-state index in [9.17, 15) is 15.3 Å². The lowest BCUT2D eigenvalue weighted by Crippen LogP contribution is -2.55. The van der Waals surface area contributed by atoms with Crippen molar-refractivity contribution in [2.75, 3.05) is 6.61 Å². The van der Waals surface area contributed by atoms with Crippen molar-refractivity contribution >= 4 is 57.9 Å². The Morgan fingerprint density at radius 2 is 2.10 bits per heavy atom. The highest BCUT2D eigenvalue weighted by molar-refractivity contribution is 8.03. The Kier molecular flexibility index (Phi) is 8.75. The first-order valence-corrected chi connectivity index (χ1v) is 11.6. The van der Waals surface area contributed by atoms with Crippen LogP contribution < -0.4 is 0 Å². The van der Waals surface area contributed by atoms with Crippen LogP contribution in [-0.2, 0) is 4.74 Å². The molecular weight excluding hydrogens is 495 g/mol. The molecule has 3 unspecified atom stereocenters. The molecule has 30 heavy (non-hydrogen) atoms. The predicted octanol–water partition coefficient (Wildman–Crippen LogP) is 3.16. The number of nitrogens with zero attached hydrogens (tertiary/aromatic N) is 4. The first-order valence-electron chi connectivity index (χ1n) is 8.54. The van der Waals surface area contributed by atoms with E-state index in [1.165, 1.54) is 27.1 Å². The van der Waals surface area contributed by atoms with Crippen LogP contribution in [0.2, 0.25) is 5.15 Å². The molecule has 3 rings (SSSR count). The highest BCUT2D eigenvalue weighted by atomic mass is 35.5. The Balaban J connectivity index is 1.88. The number of thioether (sulfide) groups is 1. The summed E-state index contributed by atoms with van der Waals surface area (Å²) in [6.07, 6.45) is 3.08. The third kappa shape index (κ3) is 5.45. The van der Waals surface area contributed by atoms with E-state index in [0.717, 1.165) is 11.8 Å². The van der Waals surface area contributed by atoms with Gasteiger partial charge in [0.1, 0.15) is 45.6 Å². The van der Waals surface area contributed by atoms with Crippen molar-refractivity contribution < 1.29 is 20.1 Å². The van der Waals surface area contributed by atoms with Gasteiger partial charge in [-0.1, -0.05) is 51.8 Å². The summed E-state index contributed by atoms with van der Waals surface area (Å²) in [4.78, 5) is 4.79. The minimum absolute atomic E-state index is 0.338. The summed E-state index contributed by atoms with van der Waals surface area (Å²) in [5, 5.41) is 42.0. The third-order valence-electron chi connectivity index (χ3n) is 4.17. The quantitative estimate of drug-likeness (QED) is 0.486. The molecule has 1 saturated heterocycles. The van der Waals surface area contributed by atoms with Gasteiger partial charge in [0.15, 0.2) is 0 Å². The highest BCUT2D eigenvalue weighted by Crippen LogP contribution is 2.38. The van der Waals surface area contributed by atoms with Gasteiger partial charge in [0.25, 0.3) is 0 Å². The molecule has 0 saturated carbocycles. The van der Waals surface area contributed by atoms with Crippen LogP contribution in [-0.4, -0.2) is 65.7 Å². The number of rotatable bonds is 7. The molecule has 1 aliphatic rings. The molecule has 1 fully saturated rings. The fourth-order valence-electron chi connectivity index (χ4n) is 2.83. The summed E-state index contributed by atoms with van der Waals surface area (Å²) in [7, 11) is 0. The van der Waals surface area contributed by atoms with Crippen LogP contribution in [0.15, 0.2) is 45.8 Å². The van der Waals surface area contributed by atoms with Gasteiger partial charge < -0.3 is 20.1 Å². The molecule has 0 bridgehead atoms. The molecule has 3 N–H and O–H groups in total. The van der Waals surface area contributed by atoms with Crippen LogP contribution in [0.3, 0.4) is 0 Å². The molecule has 0 aromatic carbocycles. The molecule has 0 radical (unpaired) electrons. The molecular formula is C17H17Cl3N4O4S2. The average Bonchev–Trinajstić information content (AvgIpc) is 3.37. The van der Waals surface area contributed by atoms with Gasteiger partial charge in [-0.15, -0.1) is 16.4 Å². The lowest BCUT2D eigenvalue weighted by molar-refractivity contribution is -0.178. The van der Waals surface area contributed by atoms with Gasteiger partial charge in [-0.05, 0) is 18.2 Å². The minimum Gasteiger partial charge on any atom is -0.394 e. The largest absolute Gasteiger partial charge is 0.394 e. The van der Waals surface area contributed by atoms with Crippen LogP contribution in [0.1, 0.15) is 6.04 Å². The Hall–Kier alpha value is -0.950. The summed E-state index contributed by atoms with van der Waals surface area (Å²) in [6, 6.07) is -0.921. The summed E-state index contributed by atoms with van der Waals surface area (Å²) < 4.78 is 7.06. The predicted molar refractivity (Wildman–Crippen MR) is 119 cm³/mol. The second-order valence-corrected chi connectivity index (χ2v) is 8.98. The molecule has 0 amide bonds. The maximum Gasteiger partial charge on any atom is 0.147 e. The van der Waals surface area contributed by atoms with E-state index < -0.39 is 36.4 Å². The standard InChI is InChI=1S/C17H17Cl3N4O4S2/c18-4-1-2-9(3-5-19)30-17-15(27)13(14(26)11(7-25)28-17)24-6-10(22-23-24)16-21-12(20)8-29-16/h1-6,8,11,13-15,17,25-27H,7H2/b4-1+,5-3+,9-2+/t11?,13?,14-,15?,17+/m0/s1. The van der Waals surface area contributed by atoms with Crippen molar-refractivity contribution in [3.05, 3.63) is 50.9 Å². The van der Waals surface area contributed by atoms with E-state index in [4.69, 9.17) is 39.5 Å². The molecule has 13 heteroatoms. The lowest BCUT2D eigenvalue weighted by atomic mass is 9.97. The Bertz CT molecular complexity index is 936. The lowest BCUT2D eigenvalue weighted by Gasteiger charge is -2.41. The number of aromatic nitrogens is 4. The van der Waals surface area contributed by atoms with E-state index >= 15 is 0 Å². The highest BCUT2D eigenvalue weighted by Gasteiger charge is 2.46. The maximum atomic E-state index is 11.0. The zero-order valence-corrected chi connectivity index (χ0v) is 19.0. The Morgan fingerprint density at radius 3 is 2.73 bits per heavy atom. The normalized spacial score (nSPS) is 28.1. The molecule has 3 heterocycles. The topological polar surface area (TPSA) is 114 Å². The molecule has 0 spiro atoms. The van der Waals surface area contributed by atoms with Crippen molar-refractivity contribution in [2.45, 2.75) is 29.8 Å². The minimum atomic E-state index is -1.23. The summed E-state index contributed by atoms with van der Waals surface area (Å²) >= 11 is 19.6. The molecule has 8 nitrogen and oxygen atoms in total. The Morgan fingerprint density at radius 1 is 1.30 bits per heavy atom. The number of allylic oxidation sites excluding steroid dienone is 3. The summed E-state index contributed by atoms with van der Waals surface area (Å²) in [5.74, 6) is 0. The maximum absolute atomic E-state index is 11.0. The number of aliphatic hydroxyl groups excluding tert-OH is 3. The van der Waals surface area contributed by atoms with Crippen LogP contribution in [0.25, 0.3) is 10.7 Å². The van der Waals surface area contributed by atoms with Crippen molar-refractivity contribution in [3.63, 3.8) is 0 Å². The fraction of sp³-hybridized carbons (Fsp3) is 0.353. The smallest absolute Gasteiger partial charge is 0.147 e. The molecule has 1 aliphatic heterocycles. The number of hydrogen-bond acceptors (Lipinski definition) is 9. The van der Waals surface area contributed by atoms with Crippen LogP contribution in [0, 0.1) is 0 Å².